The molecular formula is C21H36N2O3. The van der Waals surface area contributed by atoms with Crippen LogP contribution in [0.5, 0.6) is 0 Å². The van der Waals surface area contributed by atoms with Crippen LogP contribution in [-0.2, 0) is 14.3 Å². The number of Topliss-reactive ketones (excluding diaryl/α,β-unsaturated/α-hetero) is 1. The summed E-state index contributed by atoms with van der Waals surface area (Å²) in [6.07, 6.45) is 5.77. The van der Waals surface area contributed by atoms with Gasteiger partial charge in [0.1, 0.15) is 6.10 Å². The first-order chi connectivity index (χ1) is 12.1. The number of hydrogen-bond donors (Lipinski definition) is 0. The summed E-state index contributed by atoms with van der Waals surface area (Å²) in [6.45, 7) is 14.1. The third kappa shape index (κ3) is 9.67. The summed E-state index contributed by atoms with van der Waals surface area (Å²) in [7, 11) is 0. The van der Waals surface area contributed by atoms with E-state index in [9.17, 15) is 9.59 Å². The number of hydrogen-bond acceptors (Lipinski definition) is 3. The highest BCUT2D eigenvalue weighted by Gasteiger charge is 2.34. The normalized spacial score (nSPS) is 12.1. The number of esters is 1. The van der Waals surface area contributed by atoms with Gasteiger partial charge in [0.05, 0.1) is 0 Å². The van der Waals surface area contributed by atoms with Gasteiger partial charge in [-0.1, -0.05) is 52.7 Å². The predicted molar refractivity (Wildman–Crippen MR) is 105 cm³/mol. The number of nitrogens with zero attached hydrogens (tertiary/aromatic N) is 2. The van der Waals surface area contributed by atoms with E-state index in [0.29, 0.717) is 12.3 Å². The topological polar surface area (TPSA) is 79.8 Å². The maximum Gasteiger partial charge on any atom is 0.441 e. The van der Waals surface area contributed by atoms with Crippen LogP contribution < -0.4 is 0 Å². The molecule has 0 radical (unpaired) electrons. The molecule has 0 aromatic carbocycles. The van der Waals surface area contributed by atoms with Crippen LogP contribution in [-0.4, -0.2) is 28.4 Å². The summed E-state index contributed by atoms with van der Waals surface area (Å²) >= 11 is 0. The van der Waals surface area contributed by atoms with Crippen LogP contribution >= 0.6 is 0 Å². The lowest BCUT2D eigenvalue weighted by Crippen LogP contribution is -2.35. The van der Waals surface area contributed by atoms with Crippen molar-refractivity contribution in [3.05, 3.63) is 17.2 Å². The molecule has 0 saturated carbocycles. The molecule has 0 aliphatic rings. The quantitative estimate of drug-likeness (QED) is 0.122. The van der Waals surface area contributed by atoms with Crippen LogP contribution in [0.3, 0.4) is 0 Å². The minimum Gasteiger partial charge on any atom is -0.453 e. The zero-order valence-corrected chi connectivity index (χ0v) is 17.5. The molecule has 1 atom stereocenters. The lowest BCUT2D eigenvalue weighted by molar-refractivity contribution is -0.151. The Morgan fingerprint density at radius 3 is 2.08 bits per heavy atom. The molecule has 0 aromatic rings. The van der Waals surface area contributed by atoms with Crippen molar-refractivity contribution >= 4 is 17.5 Å². The van der Waals surface area contributed by atoms with Crippen LogP contribution in [0, 0.1) is 17.8 Å². The van der Waals surface area contributed by atoms with E-state index in [4.69, 9.17) is 10.3 Å². The molecule has 0 unspecified atom stereocenters. The summed E-state index contributed by atoms with van der Waals surface area (Å²) in [5, 5.41) is 0. The second kappa shape index (κ2) is 12.6. The Balaban J connectivity index is 4.51. The Bertz CT molecular complexity index is 531. The van der Waals surface area contributed by atoms with Crippen LogP contribution in [0.4, 0.5) is 0 Å². The Kier molecular flexibility index (Phi) is 11.7. The molecule has 148 valence electrons. The first-order valence-electron chi connectivity index (χ1n) is 9.69. The monoisotopic (exact) mass is 364 g/mol. The highest BCUT2D eigenvalue weighted by molar-refractivity contribution is 6.62. The van der Waals surface area contributed by atoms with E-state index >= 15 is 0 Å². The second-order valence-electron chi connectivity index (χ2n) is 8.09. The highest BCUT2D eigenvalue weighted by Crippen LogP contribution is 2.18. The van der Waals surface area contributed by atoms with E-state index in [2.05, 4.69) is 31.6 Å². The van der Waals surface area contributed by atoms with Gasteiger partial charge in [-0.15, -0.1) is 0 Å². The molecule has 0 rings (SSSR count). The maximum atomic E-state index is 12.2. The van der Waals surface area contributed by atoms with Crippen molar-refractivity contribution < 1.29 is 19.1 Å². The smallest absolute Gasteiger partial charge is 0.441 e. The van der Waals surface area contributed by atoms with Crippen molar-refractivity contribution in [2.24, 2.45) is 17.8 Å². The van der Waals surface area contributed by atoms with Crippen LogP contribution in [0.15, 0.2) is 11.6 Å². The first kappa shape index (κ1) is 24.3. The van der Waals surface area contributed by atoms with E-state index < -0.39 is 17.5 Å². The summed E-state index contributed by atoms with van der Waals surface area (Å²) in [4.78, 5) is 27.3. The molecule has 0 heterocycles. The van der Waals surface area contributed by atoms with Gasteiger partial charge >= 0.3 is 11.7 Å². The minimum absolute atomic E-state index is 0.121. The van der Waals surface area contributed by atoms with Crippen molar-refractivity contribution in [3.8, 4) is 0 Å². The van der Waals surface area contributed by atoms with Gasteiger partial charge in [0, 0.05) is 6.42 Å². The van der Waals surface area contributed by atoms with E-state index in [-0.39, 0.29) is 24.4 Å². The van der Waals surface area contributed by atoms with Gasteiger partial charge in [-0.2, -0.15) is 4.79 Å². The molecule has 0 N–H and O–H groups in total. The Hall–Kier alpha value is -1.74. The largest absolute Gasteiger partial charge is 0.453 e. The summed E-state index contributed by atoms with van der Waals surface area (Å²) in [5.74, 6) is -0.542. The highest BCUT2D eigenvalue weighted by atomic mass is 16.5. The standard InChI is InChI=1S/C21H36N2O3/c1-14(2)10-8-11-17(7)12-9-13-18(24)19(23-22)21(25)26-20(15(3)4)16(5)6/h10,15-17,20H,8-9,11-13H2,1-7H3/t17-/m0/s1. The fraction of sp³-hybridized carbons (Fsp3) is 0.762. The van der Waals surface area contributed by atoms with E-state index in [0.717, 1.165) is 19.3 Å². The molecule has 5 heteroatoms. The molecule has 26 heavy (non-hydrogen) atoms. The van der Waals surface area contributed by atoms with Crippen LogP contribution in [0.2, 0.25) is 0 Å². The fourth-order valence-corrected chi connectivity index (χ4v) is 2.96. The molecule has 0 aromatic heterocycles. The number of ether oxygens (including phenoxy) is 1. The van der Waals surface area contributed by atoms with E-state index in [1.807, 2.05) is 27.7 Å². The molecular weight excluding hydrogens is 328 g/mol. The molecule has 0 bridgehead atoms. The lowest BCUT2D eigenvalue weighted by atomic mass is 9.96. The van der Waals surface area contributed by atoms with Gasteiger partial charge in [-0.05, 0) is 50.9 Å². The maximum absolute atomic E-state index is 12.2. The SMILES string of the molecule is CC(C)=CCC[C@H](C)CCCC(=O)C(=[N+]=[N-])C(=O)OC(C(C)C)C(C)C. The van der Waals surface area contributed by atoms with Crippen molar-refractivity contribution in [1.82, 2.24) is 0 Å². The molecule has 0 aliphatic heterocycles. The number of rotatable bonds is 12. The second-order valence-corrected chi connectivity index (χ2v) is 8.09. The minimum atomic E-state index is -0.832. The molecule has 0 saturated heterocycles. The molecule has 0 fully saturated rings. The van der Waals surface area contributed by atoms with E-state index in [1.165, 1.54) is 5.57 Å². The Morgan fingerprint density at radius 1 is 1.04 bits per heavy atom. The first-order valence-corrected chi connectivity index (χ1v) is 9.69. The third-order valence-corrected chi connectivity index (χ3v) is 4.43. The number of ketones is 1. The molecule has 0 amide bonds. The number of carbonyl (C=O) groups excluding carboxylic acids is 2. The Morgan fingerprint density at radius 2 is 1.62 bits per heavy atom. The van der Waals surface area contributed by atoms with Gasteiger partial charge in [0.15, 0.2) is 0 Å². The summed E-state index contributed by atoms with van der Waals surface area (Å²) in [6, 6.07) is 0. The zero-order chi connectivity index (χ0) is 20.3. The van der Waals surface area contributed by atoms with Gasteiger partial charge in [-0.25, -0.2) is 4.79 Å². The van der Waals surface area contributed by atoms with Gasteiger partial charge in [0.2, 0.25) is 0 Å². The Labute approximate surface area is 158 Å². The molecule has 0 aliphatic carbocycles. The zero-order valence-electron chi connectivity index (χ0n) is 17.5. The third-order valence-electron chi connectivity index (χ3n) is 4.43. The van der Waals surface area contributed by atoms with E-state index in [1.54, 1.807) is 0 Å². The van der Waals surface area contributed by atoms with Crippen molar-refractivity contribution in [1.29, 1.82) is 0 Å². The van der Waals surface area contributed by atoms with Gasteiger partial charge in [0.25, 0.3) is 5.78 Å². The van der Waals surface area contributed by atoms with Crippen LogP contribution in [0.1, 0.15) is 80.6 Å². The van der Waals surface area contributed by atoms with Gasteiger partial charge < -0.3 is 10.3 Å². The summed E-state index contributed by atoms with van der Waals surface area (Å²) in [5.41, 5.74) is 9.92. The van der Waals surface area contributed by atoms with Crippen molar-refractivity contribution in [2.75, 3.05) is 0 Å². The van der Waals surface area contributed by atoms with Gasteiger partial charge in [-0.3, -0.25) is 4.79 Å². The molecule has 5 nitrogen and oxygen atoms in total. The average Bonchev–Trinajstić information content (AvgIpc) is 2.52. The molecule has 0 spiro atoms. The number of allylic oxidation sites excluding steroid dienone is 2. The average molecular weight is 365 g/mol. The summed E-state index contributed by atoms with van der Waals surface area (Å²) < 4.78 is 5.39. The fourth-order valence-electron chi connectivity index (χ4n) is 2.96. The van der Waals surface area contributed by atoms with Crippen molar-refractivity contribution in [2.45, 2.75) is 86.7 Å². The lowest BCUT2D eigenvalue weighted by Gasteiger charge is -2.23. The predicted octanol–water partition coefficient (Wildman–Crippen LogP) is 5.00. The van der Waals surface area contributed by atoms with Crippen molar-refractivity contribution in [3.63, 3.8) is 0 Å². The number of carbonyl (C=O) groups is 2. The van der Waals surface area contributed by atoms with Crippen LogP contribution in [0.25, 0.3) is 5.53 Å².